The molecule has 3 nitrogen and oxygen atoms in total. The van der Waals surface area contributed by atoms with E-state index in [2.05, 4.69) is 0 Å². The molecule has 29 heavy (non-hydrogen) atoms. The van der Waals surface area contributed by atoms with Crippen LogP contribution >= 0.6 is 11.6 Å². The molecule has 0 saturated carbocycles. The third kappa shape index (κ3) is 4.07. The third-order valence-electron chi connectivity index (χ3n) is 5.30. The Kier molecular flexibility index (Phi) is 5.84. The van der Waals surface area contributed by atoms with Crippen molar-refractivity contribution in [2.75, 3.05) is 6.61 Å². The summed E-state index contributed by atoms with van der Waals surface area (Å²) in [5.41, 5.74) is 0.835. The van der Waals surface area contributed by atoms with Crippen LogP contribution in [-0.4, -0.2) is 16.3 Å². The largest absolute Gasteiger partial charge is 0.394 e. The van der Waals surface area contributed by atoms with Crippen LogP contribution in [-0.2, 0) is 6.42 Å². The number of hydrogen-bond donors (Lipinski definition) is 1. The Morgan fingerprint density at radius 2 is 1.86 bits per heavy atom. The number of aliphatic hydroxyl groups is 1. The lowest BCUT2D eigenvalue weighted by molar-refractivity contribution is 0.140. The summed E-state index contributed by atoms with van der Waals surface area (Å²) >= 11 is 5.83. The zero-order valence-electron chi connectivity index (χ0n) is 16.9. The molecule has 1 heterocycles. The van der Waals surface area contributed by atoms with Crippen molar-refractivity contribution >= 4 is 22.5 Å². The molecule has 0 aliphatic heterocycles. The van der Waals surface area contributed by atoms with Gasteiger partial charge in [-0.15, -0.1) is 0 Å². The van der Waals surface area contributed by atoms with E-state index in [1.165, 1.54) is 18.2 Å². The van der Waals surface area contributed by atoms with Gasteiger partial charge in [-0.2, -0.15) is 0 Å². The van der Waals surface area contributed by atoms with Crippen LogP contribution in [0.4, 0.5) is 8.78 Å². The highest BCUT2D eigenvalue weighted by Crippen LogP contribution is 2.33. The van der Waals surface area contributed by atoms with E-state index in [0.29, 0.717) is 16.5 Å². The molecule has 0 fully saturated rings. The minimum Gasteiger partial charge on any atom is -0.394 e. The number of aromatic nitrogens is 1. The minimum absolute atomic E-state index is 0.0236. The monoisotopic (exact) mass is 419 g/mol. The summed E-state index contributed by atoms with van der Waals surface area (Å²) in [6, 6.07) is 7.00. The van der Waals surface area contributed by atoms with Gasteiger partial charge in [0.2, 0.25) is 0 Å². The molecule has 1 atom stereocenters. The molecular weight excluding hydrogens is 396 g/mol. The zero-order chi connectivity index (χ0) is 21.5. The molecule has 0 aliphatic carbocycles. The Morgan fingerprint density at radius 1 is 1.17 bits per heavy atom. The van der Waals surface area contributed by atoms with Gasteiger partial charge in [0.1, 0.15) is 11.6 Å². The summed E-state index contributed by atoms with van der Waals surface area (Å²) in [7, 11) is 0. The molecule has 0 unspecified atom stereocenters. The van der Waals surface area contributed by atoms with E-state index >= 15 is 0 Å². The first-order chi connectivity index (χ1) is 13.5. The Labute approximate surface area is 173 Å². The highest BCUT2D eigenvalue weighted by molar-refractivity contribution is 6.30. The van der Waals surface area contributed by atoms with Crippen molar-refractivity contribution in [2.45, 2.75) is 40.2 Å². The lowest BCUT2D eigenvalue weighted by Gasteiger charge is -2.33. The van der Waals surface area contributed by atoms with E-state index in [1.54, 1.807) is 29.8 Å². The Bertz CT molecular complexity index is 1130. The summed E-state index contributed by atoms with van der Waals surface area (Å²) in [6.07, 6.45) is 1.64. The fraction of sp³-hybridized carbons (Fsp3) is 0.348. The van der Waals surface area contributed by atoms with Crippen LogP contribution in [0.2, 0.25) is 5.02 Å². The second-order valence-electron chi connectivity index (χ2n) is 8.46. The quantitative estimate of drug-likeness (QED) is 0.614. The van der Waals surface area contributed by atoms with Gasteiger partial charge < -0.3 is 9.67 Å². The number of aliphatic hydroxyl groups excluding tert-OH is 1. The highest BCUT2D eigenvalue weighted by atomic mass is 35.5. The van der Waals surface area contributed by atoms with E-state index in [4.69, 9.17) is 11.6 Å². The van der Waals surface area contributed by atoms with Crippen LogP contribution in [0, 0.1) is 24.0 Å². The number of pyridine rings is 1. The van der Waals surface area contributed by atoms with Gasteiger partial charge in [-0.1, -0.05) is 44.5 Å². The molecule has 0 saturated heterocycles. The maximum atomic E-state index is 15.0. The van der Waals surface area contributed by atoms with Gasteiger partial charge in [0, 0.05) is 23.6 Å². The van der Waals surface area contributed by atoms with Gasteiger partial charge in [-0.05, 0) is 41.7 Å². The van der Waals surface area contributed by atoms with Gasteiger partial charge in [-0.3, -0.25) is 4.79 Å². The van der Waals surface area contributed by atoms with Crippen LogP contribution < -0.4 is 5.43 Å². The van der Waals surface area contributed by atoms with E-state index in [9.17, 15) is 18.7 Å². The number of halogens is 3. The number of hydrogen-bond acceptors (Lipinski definition) is 2. The second-order valence-corrected chi connectivity index (χ2v) is 8.87. The summed E-state index contributed by atoms with van der Waals surface area (Å²) in [5, 5.41) is 10.3. The molecule has 6 heteroatoms. The Balaban J connectivity index is 2.23. The molecule has 1 aromatic heterocycles. The number of fused-ring (bicyclic) bond motifs is 1. The van der Waals surface area contributed by atoms with E-state index < -0.39 is 11.6 Å². The summed E-state index contributed by atoms with van der Waals surface area (Å²) in [4.78, 5) is 12.8. The van der Waals surface area contributed by atoms with Crippen molar-refractivity contribution < 1.29 is 13.9 Å². The summed E-state index contributed by atoms with van der Waals surface area (Å²) in [5.74, 6) is -1.14. The number of rotatable bonds is 4. The first-order valence-electron chi connectivity index (χ1n) is 9.42. The molecule has 154 valence electrons. The molecule has 3 rings (SSSR count). The topological polar surface area (TPSA) is 42.2 Å². The van der Waals surface area contributed by atoms with Gasteiger partial charge >= 0.3 is 0 Å². The molecule has 1 N–H and O–H groups in total. The maximum Gasteiger partial charge on any atom is 0.192 e. The van der Waals surface area contributed by atoms with E-state index in [-0.39, 0.29) is 46.1 Å². The average Bonchev–Trinajstić information content (AvgIpc) is 2.63. The first kappa shape index (κ1) is 21.5. The molecular formula is C23H24ClF2NO2. The van der Waals surface area contributed by atoms with Gasteiger partial charge in [0.25, 0.3) is 0 Å². The minimum atomic E-state index is -0.594. The number of benzene rings is 2. The summed E-state index contributed by atoms with van der Waals surface area (Å²) < 4.78 is 31.0. The molecule has 0 spiro atoms. The van der Waals surface area contributed by atoms with E-state index in [0.717, 1.165) is 0 Å². The smallest absolute Gasteiger partial charge is 0.192 e. The maximum absolute atomic E-state index is 15.0. The van der Waals surface area contributed by atoms with Crippen molar-refractivity contribution in [2.24, 2.45) is 5.41 Å². The standard InChI is InChI=1S/C23H24ClF2NO2/c1-13-11-27(20(12-28)23(2,3)4)19-10-18(25)15(9-16(19)22(13)29)8-14-6-5-7-17(24)21(14)26/h5-7,9-11,20,28H,8,12H2,1-4H3/t20-/m1/s1. The van der Waals surface area contributed by atoms with Crippen LogP contribution in [0.5, 0.6) is 0 Å². The second kappa shape index (κ2) is 7.88. The Morgan fingerprint density at radius 3 is 2.48 bits per heavy atom. The Hall–Kier alpha value is -2.24. The first-order valence-corrected chi connectivity index (χ1v) is 9.80. The SMILES string of the molecule is Cc1cn([C@H](CO)C(C)(C)C)c2cc(F)c(Cc3cccc(Cl)c3F)cc2c1=O. The third-order valence-corrected chi connectivity index (χ3v) is 5.59. The van der Waals surface area contributed by atoms with Crippen LogP contribution in [0.25, 0.3) is 10.9 Å². The molecule has 0 aliphatic rings. The van der Waals surface area contributed by atoms with Crippen molar-refractivity contribution in [1.82, 2.24) is 4.57 Å². The van der Waals surface area contributed by atoms with Crippen molar-refractivity contribution in [3.63, 3.8) is 0 Å². The zero-order valence-corrected chi connectivity index (χ0v) is 17.6. The molecule has 3 aromatic rings. The van der Waals surface area contributed by atoms with Crippen molar-refractivity contribution in [3.05, 3.63) is 80.1 Å². The number of nitrogens with zero attached hydrogens (tertiary/aromatic N) is 1. The van der Waals surface area contributed by atoms with Crippen LogP contribution in [0.1, 0.15) is 43.5 Å². The predicted molar refractivity (Wildman–Crippen MR) is 113 cm³/mol. The molecule has 0 bridgehead atoms. The fourth-order valence-electron chi connectivity index (χ4n) is 3.61. The normalized spacial score (nSPS) is 13.1. The molecule has 0 amide bonds. The molecule has 2 aromatic carbocycles. The average molecular weight is 420 g/mol. The van der Waals surface area contributed by atoms with Crippen molar-refractivity contribution in [1.29, 1.82) is 0 Å². The lowest BCUT2D eigenvalue weighted by atomic mass is 9.86. The van der Waals surface area contributed by atoms with Crippen molar-refractivity contribution in [3.8, 4) is 0 Å². The molecule has 0 radical (unpaired) electrons. The van der Waals surface area contributed by atoms with Gasteiger partial charge in [-0.25, -0.2) is 8.78 Å². The lowest BCUT2D eigenvalue weighted by Crippen LogP contribution is -2.29. The fourth-order valence-corrected chi connectivity index (χ4v) is 3.81. The van der Waals surface area contributed by atoms with E-state index in [1.807, 2.05) is 20.8 Å². The van der Waals surface area contributed by atoms with Gasteiger partial charge in [0.05, 0.1) is 23.2 Å². The van der Waals surface area contributed by atoms with Crippen LogP contribution in [0.3, 0.4) is 0 Å². The highest BCUT2D eigenvalue weighted by Gasteiger charge is 2.27. The summed E-state index contributed by atoms with van der Waals surface area (Å²) in [6.45, 7) is 7.45. The van der Waals surface area contributed by atoms with Gasteiger partial charge in [0.15, 0.2) is 5.43 Å². The van der Waals surface area contributed by atoms with Crippen LogP contribution in [0.15, 0.2) is 41.3 Å². The number of aryl methyl sites for hydroxylation is 1. The predicted octanol–water partition coefficient (Wildman–Crippen LogP) is 5.41.